The fraction of sp³-hybridized carbons (Fsp3) is 0.125. The summed E-state index contributed by atoms with van der Waals surface area (Å²) in [5.74, 6) is 0. The molecule has 1 aromatic rings. The van der Waals surface area contributed by atoms with Crippen molar-refractivity contribution in [1.29, 1.82) is 0 Å². The first-order chi connectivity index (χ1) is 5.29. The molecule has 0 saturated heterocycles. The third kappa shape index (κ3) is 1.60. The standard InChI is InChI=1S/C8H9BrN2/c1-3-6-7(9)4-11-5-8(6)10-2/h3-5,10H,1H2,2H3. The molecule has 0 fully saturated rings. The molecule has 0 unspecified atom stereocenters. The number of hydrogen-bond donors (Lipinski definition) is 1. The number of nitrogens with zero attached hydrogens (tertiary/aromatic N) is 1. The molecule has 0 aromatic carbocycles. The Balaban J connectivity index is 3.24. The van der Waals surface area contributed by atoms with Crippen molar-refractivity contribution < 1.29 is 0 Å². The van der Waals surface area contributed by atoms with E-state index in [1.54, 1.807) is 18.5 Å². The quantitative estimate of drug-likeness (QED) is 0.816. The molecule has 3 heteroatoms. The lowest BCUT2D eigenvalue weighted by Crippen LogP contribution is -1.92. The molecule has 1 rings (SSSR count). The fourth-order valence-electron chi connectivity index (χ4n) is 0.852. The Hall–Kier alpha value is -0.830. The zero-order valence-corrected chi connectivity index (χ0v) is 7.85. The normalized spacial score (nSPS) is 9.27. The minimum absolute atomic E-state index is 0.958. The molecule has 0 aliphatic heterocycles. The van der Waals surface area contributed by atoms with Crippen molar-refractivity contribution in [1.82, 2.24) is 4.98 Å². The van der Waals surface area contributed by atoms with E-state index < -0.39 is 0 Å². The molecular formula is C8H9BrN2. The second-order valence-corrected chi connectivity index (χ2v) is 2.89. The van der Waals surface area contributed by atoms with E-state index in [1.165, 1.54) is 0 Å². The fourth-order valence-corrected chi connectivity index (χ4v) is 1.35. The summed E-state index contributed by atoms with van der Waals surface area (Å²) in [6, 6.07) is 0. The van der Waals surface area contributed by atoms with Gasteiger partial charge in [-0.25, -0.2) is 0 Å². The van der Waals surface area contributed by atoms with Gasteiger partial charge in [-0.15, -0.1) is 0 Å². The first-order valence-corrected chi connectivity index (χ1v) is 4.02. The molecule has 0 radical (unpaired) electrons. The Morgan fingerprint density at radius 3 is 2.82 bits per heavy atom. The minimum atomic E-state index is 0.958. The van der Waals surface area contributed by atoms with Crippen LogP contribution in [-0.4, -0.2) is 12.0 Å². The van der Waals surface area contributed by atoms with Gasteiger partial charge < -0.3 is 5.32 Å². The van der Waals surface area contributed by atoms with Crippen LogP contribution in [0.3, 0.4) is 0 Å². The minimum Gasteiger partial charge on any atom is -0.386 e. The van der Waals surface area contributed by atoms with Crippen molar-refractivity contribution in [3.8, 4) is 0 Å². The van der Waals surface area contributed by atoms with E-state index in [1.807, 2.05) is 7.05 Å². The summed E-state index contributed by atoms with van der Waals surface area (Å²) in [5.41, 5.74) is 2.02. The smallest absolute Gasteiger partial charge is 0.0608 e. The van der Waals surface area contributed by atoms with Crippen LogP contribution in [0.4, 0.5) is 5.69 Å². The van der Waals surface area contributed by atoms with Crippen LogP contribution in [0.5, 0.6) is 0 Å². The summed E-state index contributed by atoms with van der Waals surface area (Å²) < 4.78 is 0.958. The van der Waals surface area contributed by atoms with Gasteiger partial charge in [-0.05, 0) is 15.9 Å². The van der Waals surface area contributed by atoms with Crippen molar-refractivity contribution in [2.75, 3.05) is 12.4 Å². The van der Waals surface area contributed by atoms with Crippen LogP contribution >= 0.6 is 15.9 Å². The highest BCUT2D eigenvalue weighted by molar-refractivity contribution is 9.10. The Labute approximate surface area is 74.5 Å². The summed E-state index contributed by atoms with van der Waals surface area (Å²) in [5, 5.41) is 3.02. The molecule has 58 valence electrons. The summed E-state index contributed by atoms with van der Waals surface area (Å²) in [4.78, 5) is 4.01. The highest BCUT2D eigenvalue weighted by Gasteiger charge is 2.00. The lowest BCUT2D eigenvalue weighted by molar-refractivity contribution is 1.28. The van der Waals surface area contributed by atoms with Crippen LogP contribution in [0.15, 0.2) is 23.4 Å². The van der Waals surface area contributed by atoms with E-state index in [9.17, 15) is 0 Å². The molecule has 0 aliphatic carbocycles. The Bertz CT molecular complexity index is 271. The van der Waals surface area contributed by atoms with Gasteiger partial charge in [0.1, 0.15) is 0 Å². The van der Waals surface area contributed by atoms with Crippen LogP contribution in [-0.2, 0) is 0 Å². The Kier molecular flexibility index (Phi) is 2.65. The van der Waals surface area contributed by atoms with Crippen molar-refractivity contribution >= 4 is 27.7 Å². The van der Waals surface area contributed by atoms with Gasteiger partial charge in [0.15, 0.2) is 0 Å². The summed E-state index contributed by atoms with van der Waals surface area (Å²) in [6.45, 7) is 3.70. The highest BCUT2D eigenvalue weighted by atomic mass is 79.9. The lowest BCUT2D eigenvalue weighted by Gasteiger charge is -2.04. The topological polar surface area (TPSA) is 24.9 Å². The van der Waals surface area contributed by atoms with Crippen molar-refractivity contribution in [3.63, 3.8) is 0 Å². The predicted molar refractivity (Wildman–Crippen MR) is 51.6 cm³/mol. The van der Waals surface area contributed by atoms with Crippen LogP contribution in [0.2, 0.25) is 0 Å². The van der Waals surface area contributed by atoms with Crippen molar-refractivity contribution in [3.05, 3.63) is 29.0 Å². The molecule has 0 spiro atoms. The van der Waals surface area contributed by atoms with Gasteiger partial charge in [-0.2, -0.15) is 0 Å². The number of halogens is 1. The average molecular weight is 213 g/mol. The number of rotatable bonds is 2. The molecule has 1 heterocycles. The van der Waals surface area contributed by atoms with Gasteiger partial charge in [0.25, 0.3) is 0 Å². The predicted octanol–water partition coefficient (Wildman–Crippen LogP) is 2.53. The van der Waals surface area contributed by atoms with Crippen LogP contribution in [0.25, 0.3) is 6.08 Å². The van der Waals surface area contributed by atoms with Gasteiger partial charge in [-0.1, -0.05) is 12.7 Å². The maximum Gasteiger partial charge on any atom is 0.0608 e. The van der Waals surface area contributed by atoms with Gasteiger partial charge >= 0.3 is 0 Å². The van der Waals surface area contributed by atoms with E-state index in [0.29, 0.717) is 0 Å². The third-order valence-corrected chi connectivity index (χ3v) is 2.04. The highest BCUT2D eigenvalue weighted by Crippen LogP contribution is 2.23. The van der Waals surface area contributed by atoms with Gasteiger partial charge in [0, 0.05) is 23.3 Å². The number of pyridine rings is 1. The lowest BCUT2D eigenvalue weighted by atomic mass is 10.2. The largest absolute Gasteiger partial charge is 0.386 e. The van der Waals surface area contributed by atoms with E-state index in [4.69, 9.17) is 0 Å². The van der Waals surface area contributed by atoms with Gasteiger partial charge in [-0.3, -0.25) is 4.98 Å². The molecule has 0 saturated carbocycles. The van der Waals surface area contributed by atoms with E-state index >= 15 is 0 Å². The molecule has 0 atom stereocenters. The molecule has 0 bridgehead atoms. The second-order valence-electron chi connectivity index (χ2n) is 2.04. The number of anilines is 1. The van der Waals surface area contributed by atoms with Crippen LogP contribution in [0, 0.1) is 0 Å². The molecule has 1 aromatic heterocycles. The van der Waals surface area contributed by atoms with Gasteiger partial charge in [0.2, 0.25) is 0 Å². The second kappa shape index (κ2) is 3.53. The SMILES string of the molecule is C=Cc1c(Br)cncc1NC. The molecule has 2 nitrogen and oxygen atoms in total. The summed E-state index contributed by atoms with van der Waals surface area (Å²) >= 11 is 3.37. The maximum atomic E-state index is 4.01. The van der Waals surface area contributed by atoms with E-state index in [2.05, 4.69) is 32.8 Å². The summed E-state index contributed by atoms with van der Waals surface area (Å²) in [7, 11) is 1.86. The molecule has 0 amide bonds. The Morgan fingerprint density at radius 2 is 2.36 bits per heavy atom. The monoisotopic (exact) mass is 212 g/mol. The molecule has 1 N–H and O–H groups in total. The van der Waals surface area contributed by atoms with Crippen molar-refractivity contribution in [2.45, 2.75) is 0 Å². The first-order valence-electron chi connectivity index (χ1n) is 3.23. The summed E-state index contributed by atoms with van der Waals surface area (Å²) in [6.07, 6.45) is 5.30. The third-order valence-electron chi connectivity index (χ3n) is 1.41. The number of nitrogens with one attached hydrogen (secondary N) is 1. The zero-order valence-electron chi connectivity index (χ0n) is 6.26. The van der Waals surface area contributed by atoms with E-state index in [0.717, 1.165) is 15.7 Å². The number of hydrogen-bond acceptors (Lipinski definition) is 2. The van der Waals surface area contributed by atoms with Crippen LogP contribution in [0.1, 0.15) is 5.56 Å². The molecule has 0 aliphatic rings. The zero-order chi connectivity index (χ0) is 8.27. The average Bonchev–Trinajstić information content (AvgIpc) is 2.04. The molecular weight excluding hydrogens is 204 g/mol. The van der Waals surface area contributed by atoms with Crippen LogP contribution < -0.4 is 5.32 Å². The van der Waals surface area contributed by atoms with E-state index in [-0.39, 0.29) is 0 Å². The molecule has 11 heavy (non-hydrogen) atoms. The van der Waals surface area contributed by atoms with Gasteiger partial charge in [0.05, 0.1) is 11.9 Å². The maximum absolute atomic E-state index is 4.01. The number of aromatic nitrogens is 1. The first kappa shape index (κ1) is 8.27. The van der Waals surface area contributed by atoms with Crippen molar-refractivity contribution in [2.24, 2.45) is 0 Å². The Morgan fingerprint density at radius 1 is 1.64 bits per heavy atom.